The lowest BCUT2D eigenvalue weighted by Gasteiger charge is -2.30. The first-order valence-corrected chi connectivity index (χ1v) is 31.5. The molecule has 0 spiro atoms. The van der Waals surface area contributed by atoms with E-state index < -0.39 is 23.7 Å². The highest BCUT2D eigenvalue weighted by Crippen LogP contribution is 2.49. The van der Waals surface area contributed by atoms with E-state index in [1.54, 1.807) is 0 Å². The van der Waals surface area contributed by atoms with Crippen molar-refractivity contribution in [2.45, 2.75) is 0 Å². The molecule has 4 unspecified atom stereocenters. The first-order chi connectivity index (χ1) is 45.3. The molecular weight excluding hydrogens is 1120 g/mol. The van der Waals surface area contributed by atoms with E-state index in [2.05, 4.69) is 276 Å². The molecule has 6 aliphatic rings. The Morgan fingerprint density at radius 1 is 0.217 bits per heavy atom. The molecule has 432 valence electrons. The van der Waals surface area contributed by atoms with Gasteiger partial charge in [0.2, 0.25) is 23.1 Å². The van der Waals surface area contributed by atoms with Crippen molar-refractivity contribution >= 4 is 121 Å². The summed E-state index contributed by atoms with van der Waals surface area (Å²) in [6.45, 7) is 0. The number of Topliss-reactive ketones (excluding diaryl/α,β-unsaturated/α-hetero) is 4. The second kappa shape index (κ2) is 20.9. The number of carbonyl (C=O) groups is 4. The van der Waals surface area contributed by atoms with Gasteiger partial charge in [-0.3, -0.25) is 19.2 Å². The Morgan fingerprint density at radius 2 is 0.467 bits per heavy atom. The average molecular weight is 1180 g/mol. The predicted octanol–water partition coefficient (Wildman–Crippen LogP) is 19.9. The molecule has 0 amide bonds. The molecule has 4 bridgehead atoms. The molecule has 21 rings (SSSR count). The number of carbonyl (C=O) groups excluding carboxylic acids is 4. The number of allylic oxidation sites excluding steroid dienone is 8. The SMILES string of the molecule is O=C1C(=O)C2C=CC1C=C2c1c2ccccc2c(-c2ccc(-n3c4ccccc4c4ccccc43)cc2)c2ccccc12.O=C1C(=O)C2C=CC1C=C2c1ccc(-c2c3ccccc3c(-c3ccc(-n4c5ccccc5c5ccccc54)cc3)c3ccccc23)cc1. The first kappa shape index (κ1) is 53.2. The van der Waals surface area contributed by atoms with E-state index >= 15 is 0 Å². The van der Waals surface area contributed by atoms with Crippen LogP contribution in [0.25, 0.3) is 143 Å². The van der Waals surface area contributed by atoms with Crippen molar-refractivity contribution in [1.82, 2.24) is 9.13 Å². The number of para-hydroxylation sites is 4. The summed E-state index contributed by atoms with van der Waals surface area (Å²) in [6.07, 6.45) is 11.5. The zero-order valence-electron chi connectivity index (χ0n) is 49.7. The van der Waals surface area contributed by atoms with Gasteiger partial charge in [0, 0.05) is 32.9 Å². The van der Waals surface area contributed by atoms with Crippen molar-refractivity contribution in [3.63, 3.8) is 0 Å². The first-order valence-electron chi connectivity index (χ1n) is 31.5. The molecule has 0 saturated heterocycles. The van der Waals surface area contributed by atoms with Gasteiger partial charge in [0.05, 0.1) is 45.7 Å². The summed E-state index contributed by atoms with van der Waals surface area (Å²) < 4.78 is 4.69. The van der Waals surface area contributed by atoms with Crippen LogP contribution >= 0.6 is 0 Å². The third-order valence-electron chi connectivity index (χ3n) is 19.7. The standard InChI is InChI=1S/C46H29NO2.C40H25NO2/c48-45-31-23-26-39(46(45)49)40(27-31)28-17-19-29(20-18-28)43-35-11-1-3-13-37(35)44(38-14-4-2-12-36(38)43)30-21-24-32(25-22-30)47-41-15-7-5-9-33(41)34-10-6-8-16-42(34)47;42-39-25-19-22-33(40(39)43)34(23-25)38-31-13-3-1-11-29(31)37(30-12-2-4-14-32(30)38)24-17-20-26(21-18-24)41-35-15-7-5-9-27(35)28-10-6-8-16-36(28)41/h1-27,31,39H;1-23,25,33H. The van der Waals surface area contributed by atoms with Crippen molar-refractivity contribution in [2.75, 3.05) is 0 Å². The van der Waals surface area contributed by atoms with E-state index in [1.807, 2.05) is 36.5 Å². The van der Waals surface area contributed by atoms with Gasteiger partial charge in [-0.15, -0.1) is 0 Å². The van der Waals surface area contributed by atoms with Crippen LogP contribution in [0.1, 0.15) is 11.1 Å². The third kappa shape index (κ3) is 8.06. The number of aromatic nitrogens is 2. The van der Waals surface area contributed by atoms with Gasteiger partial charge in [0.25, 0.3) is 0 Å². The van der Waals surface area contributed by atoms with Crippen LogP contribution in [0, 0.1) is 23.7 Å². The molecule has 0 N–H and O–H groups in total. The zero-order valence-corrected chi connectivity index (χ0v) is 49.7. The van der Waals surface area contributed by atoms with Crippen LogP contribution in [-0.4, -0.2) is 32.3 Å². The molecule has 15 aromatic rings. The van der Waals surface area contributed by atoms with Gasteiger partial charge in [-0.2, -0.15) is 0 Å². The minimum Gasteiger partial charge on any atom is -0.309 e. The molecule has 2 heterocycles. The molecule has 13 aromatic carbocycles. The molecule has 0 fully saturated rings. The Balaban J connectivity index is 0.000000137. The fourth-order valence-electron chi connectivity index (χ4n) is 15.6. The fraction of sp³-hybridized carbons (Fsp3) is 0.0465. The molecular formula is C86H54N2O4. The second-order valence-corrected chi connectivity index (χ2v) is 24.6. The highest BCUT2D eigenvalue weighted by atomic mass is 16.2. The van der Waals surface area contributed by atoms with Gasteiger partial charge in [0.15, 0.2) is 0 Å². The maximum Gasteiger partial charge on any atom is 0.210 e. The normalized spacial score (nSPS) is 17.5. The van der Waals surface area contributed by atoms with Gasteiger partial charge in [-0.05, 0) is 147 Å². The van der Waals surface area contributed by atoms with Crippen molar-refractivity contribution in [3.05, 3.63) is 315 Å². The zero-order chi connectivity index (χ0) is 61.3. The van der Waals surface area contributed by atoms with E-state index in [4.69, 9.17) is 0 Å². The summed E-state index contributed by atoms with van der Waals surface area (Å²) in [6, 6.07) is 95.0. The number of rotatable bonds is 7. The van der Waals surface area contributed by atoms with Crippen LogP contribution in [-0.2, 0) is 19.2 Å². The summed E-state index contributed by atoms with van der Waals surface area (Å²) in [7, 11) is 0. The van der Waals surface area contributed by atoms with E-state index in [0.717, 1.165) is 66.3 Å². The second-order valence-electron chi connectivity index (χ2n) is 24.6. The summed E-state index contributed by atoms with van der Waals surface area (Å²) in [4.78, 5) is 50.5. The van der Waals surface area contributed by atoms with Crippen LogP contribution in [0.15, 0.2) is 303 Å². The molecule has 2 aromatic heterocycles. The third-order valence-corrected chi connectivity index (χ3v) is 19.7. The number of ketones is 4. The maximum absolute atomic E-state index is 13.0. The lowest BCUT2D eigenvalue weighted by atomic mass is 9.71. The molecule has 0 saturated carbocycles. The topological polar surface area (TPSA) is 78.1 Å². The molecule has 0 radical (unpaired) electrons. The summed E-state index contributed by atoms with van der Waals surface area (Å²) in [5.74, 6) is -3.13. The lowest BCUT2D eigenvalue weighted by molar-refractivity contribution is -0.139. The molecule has 4 atom stereocenters. The van der Waals surface area contributed by atoms with E-state index in [0.29, 0.717) is 0 Å². The Bertz CT molecular complexity index is 5630. The Morgan fingerprint density at radius 3 is 0.783 bits per heavy atom. The van der Waals surface area contributed by atoms with E-state index in [9.17, 15) is 19.2 Å². The van der Waals surface area contributed by atoms with Crippen molar-refractivity contribution < 1.29 is 19.2 Å². The molecule has 6 heteroatoms. The van der Waals surface area contributed by atoms with Crippen LogP contribution in [0.4, 0.5) is 0 Å². The van der Waals surface area contributed by atoms with E-state index in [-0.39, 0.29) is 23.1 Å². The van der Waals surface area contributed by atoms with Gasteiger partial charge in [-0.25, -0.2) is 0 Å². The Labute approximate surface area is 529 Å². The maximum atomic E-state index is 13.0. The van der Waals surface area contributed by atoms with Gasteiger partial charge < -0.3 is 9.13 Å². The largest absolute Gasteiger partial charge is 0.309 e. The minimum atomic E-state index is -0.527. The monoisotopic (exact) mass is 1180 g/mol. The molecule has 6 nitrogen and oxygen atoms in total. The number of hydrogen-bond donors (Lipinski definition) is 0. The highest BCUT2D eigenvalue weighted by molar-refractivity contribution is 6.45. The Hall–Kier alpha value is -11.9. The van der Waals surface area contributed by atoms with Crippen molar-refractivity contribution in [2.24, 2.45) is 23.7 Å². The number of hydrogen-bond acceptors (Lipinski definition) is 4. The summed E-state index contributed by atoms with van der Waals surface area (Å²) in [5.41, 5.74) is 17.9. The summed E-state index contributed by atoms with van der Waals surface area (Å²) in [5, 5.41) is 14.2. The van der Waals surface area contributed by atoms with Crippen molar-refractivity contribution in [3.8, 4) is 44.8 Å². The fourth-order valence-corrected chi connectivity index (χ4v) is 15.6. The number of fused-ring (bicyclic) bond motifs is 12. The molecule has 6 aliphatic carbocycles. The minimum absolute atomic E-state index is 0.299. The molecule has 0 aliphatic heterocycles. The van der Waals surface area contributed by atoms with Gasteiger partial charge in [-0.1, -0.05) is 255 Å². The van der Waals surface area contributed by atoms with Gasteiger partial charge in [0.1, 0.15) is 0 Å². The van der Waals surface area contributed by atoms with Crippen LogP contribution in [0.5, 0.6) is 0 Å². The quantitative estimate of drug-likeness (QED) is 0.0905. The van der Waals surface area contributed by atoms with Crippen molar-refractivity contribution in [1.29, 1.82) is 0 Å². The van der Waals surface area contributed by atoms with Gasteiger partial charge >= 0.3 is 0 Å². The number of nitrogens with zero attached hydrogens (tertiary/aromatic N) is 2. The summed E-state index contributed by atoms with van der Waals surface area (Å²) >= 11 is 0. The van der Waals surface area contributed by atoms with Crippen LogP contribution in [0.3, 0.4) is 0 Å². The number of benzene rings is 13. The molecule has 92 heavy (non-hydrogen) atoms. The van der Waals surface area contributed by atoms with Crippen LogP contribution < -0.4 is 0 Å². The van der Waals surface area contributed by atoms with Crippen LogP contribution in [0.2, 0.25) is 0 Å². The smallest absolute Gasteiger partial charge is 0.210 e. The highest BCUT2D eigenvalue weighted by Gasteiger charge is 2.41. The Kier molecular flexibility index (Phi) is 12.1. The van der Waals surface area contributed by atoms with E-state index in [1.165, 1.54) is 87.4 Å². The average Bonchev–Trinajstić information content (AvgIpc) is 1.04. The predicted molar refractivity (Wildman–Crippen MR) is 376 cm³/mol. The lowest BCUT2D eigenvalue weighted by Crippen LogP contribution is -2.36.